The Kier molecular flexibility index (Phi) is 0.494. The second kappa shape index (κ2) is 1.70. The van der Waals surface area contributed by atoms with Crippen LogP contribution >= 0.6 is 0 Å². The van der Waals surface area contributed by atoms with Crippen LogP contribution in [-0.2, 0) is 4.79 Å². The molecule has 2 bridgehead atoms. The van der Waals surface area contributed by atoms with Crippen molar-refractivity contribution in [2.45, 2.75) is 39.9 Å². The SMILES string of the molecule is [2H]C([2H])([2H])C1(C([2H])([2H])[2H])C(=O)C2(C)CCC1C2. The molecule has 0 aromatic rings. The van der Waals surface area contributed by atoms with Gasteiger partial charge in [0.1, 0.15) is 5.78 Å². The standard InChI is InChI=1S/C10H16O/c1-9(2)7-4-5-10(3,6-7)8(9)11/h7H,4-6H2,1-3H3/i1D3,2D3. The van der Waals surface area contributed by atoms with Crippen LogP contribution in [0.15, 0.2) is 0 Å². The van der Waals surface area contributed by atoms with E-state index in [1.54, 1.807) is 6.92 Å². The third kappa shape index (κ3) is 0.692. The van der Waals surface area contributed by atoms with E-state index in [0.29, 0.717) is 19.3 Å². The van der Waals surface area contributed by atoms with Gasteiger partial charge in [-0.25, -0.2) is 0 Å². The minimum absolute atomic E-state index is 0.405. The Labute approximate surface area is 76.6 Å². The van der Waals surface area contributed by atoms with Crippen LogP contribution in [0, 0.1) is 16.7 Å². The van der Waals surface area contributed by atoms with Gasteiger partial charge in [-0.15, -0.1) is 0 Å². The molecule has 1 heteroatoms. The first-order valence-electron chi connectivity index (χ1n) is 7.02. The molecule has 0 aliphatic heterocycles. The van der Waals surface area contributed by atoms with Crippen LogP contribution in [-0.4, -0.2) is 5.78 Å². The fourth-order valence-electron chi connectivity index (χ4n) is 2.48. The van der Waals surface area contributed by atoms with Gasteiger partial charge < -0.3 is 0 Å². The highest BCUT2D eigenvalue weighted by Crippen LogP contribution is 2.59. The molecule has 62 valence electrons. The van der Waals surface area contributed by atoms with E-state index in [0.717, 1.165) is 0 Å². The van der Waals surface area contributed by atoms with Crippen LogP contribution < -0.4 is 0 Å². The third-order valence-electron chi connectivity index (χ3n) is 3.26. The summed E-state index contributed by atoms with van der Waals surface area (Å²) in [5, 5.41) is 0. The molecule has 2 unspecified atom stereocenters. The van der Waals surface area contributed by atoms with Crippen molar-refractivity contribution in [1.29, 1.82) is 0 Å². The van der Waals surface area contributed by atoms with Crippen molar-refractivity contribution in [3.63, 3.8) is 0 Å². The molecule has 0 aromatic heterocycles. The van der Waals surface area contributed by atoms with Crippen LogP contribution in [0.3, 0.4) is 0 Å². The van der Waals surface area contributed by atoms with Gasteiger partial charge in [-0.2, -0.15) is 0 Å². The van der Waals surface area contributed by atoms with E-state index in [4.69, 9.17) is 8.22 Å². The van der Waals surface area contributed by atoms with Crippen molar-refractivity contribution in [3.05, 3.63) is 0 Å². The quantitative estimate of drug-likeness (QED) is 0.529. The average Bonchev–Trinajstić information content (AvgIpc) is 2.53. The lowest BCUT2D eigenvalue weighted by Crippen LogP contribution is -2.35. The van der Waals surface area contributed by atoms with Crippen molar-refractivity contribution in [2.75, 3.05) is 0 Å². The summed E-state index contributed by atoms with van der Waals surface area (Å²) < 4.78 is 45.3. The second-order valence-corrected chi connectivity index (χ2v) is 4.14. The number of Topliss-reactive ketones (excluding diaryl/α,β-unsaturated/α-hetero) is 1. The van der Waals surface area contributed by atoms with Gasteiger partial charge in [0.25, 0.3) is 0 Å². The number of hydrogen-bond acceptors (Lipinski definition) is 1. The van der Waals surface area contributed by atoms with E-state index in [1.807, 2.05) is 0 Å². The van der Waals surface area contributed by atoms with Gasteiger partial charge in [-0.05, 0) is 25.2 Å². The molecular formula is C10H16O. The maximum atomic E-state index is 12.4. The summed E-state index contributed by atoms with van der Waals surface area (Å²) in [6.07, 6.45) is 1.55. The molecule has 1 nitrogen and oxygen atoms in total. The van der Waals surface area contributed by atoms with Gasteiger partial charge in [0.15, 0.2) is 0 Å². The topological polar surface area (TPSA) is 17.1 Å². The number of carbonyl (C=O) groups is 1. The first-order chi connectivity index (χ1) is 7.47. The lowest BCUT2D eigenvalue weighted by Gasteiger charge is -2.31. The van der Waals surface area contributed by atoms with E-state index >= 15 is 0 Å². The second-order valence-electron chi connectivity index (χ2n) is 4.14. The van der Waals surface area contributed by atoms with Gasteiger partial charge in [-0.3, -0.25) is 4.79 Å². The normalized spacial score (nSPS) is 57.2. The summed E-state index contributed by atoms with van der Waals surface area (Å²) in [6, 6.07) is 0. The van der Waals surface area contributed by atoms with Crippen LogP contribution in [0.2, 0.25) is 0 Å². The van der Waals surface area contributed by atoms with Crippen LogP contribution in [0.25, 0.3) is 0 Å². The molecule has 0 radical (unpaired) electrons. The lowest BCUT2D eigenvalue weighted by molar-refractivity contribution is -0.134. The summed E-state index contributed by atoms with van der Waals surface area (Å²) in [5.41, 5.74) is -2.87. The van der Waals surface area contributed by atoms with Gasteiger partial charge in [0.2, 0.25) is 0 Å². The van der Waals surface area contributed by atoms with E-state index in [1.165, 1.54) is 0 Å². The van der Waals surface area contributed by atoms with Crippen molar-refractivity contribution in [2.24, 2.45) is 16.7 Å². The Morgan fingerprint density at radius 2 is 2.36 bits per heavy atom. The molecule has 11 heavy (non-hydrogen) atoms. The van der Waals surface area contributed by atoms with Crippen LogP contribution in [0.1, 0.15) is 48.1 Å². The molecule has 0 spiro atoms. The molecular weight excluding hydrogens is 136 g/mol. The molecule has 2 fully saturated rings. The molecule has 0 heterocycles. The smallest absolute Gasteiger partial charge is 0.144 e. The van der Waals surface area contributed by atoms with E-state index in [2.05, 4.69) is 0 Å². The van der Waals surface area contributed by atoms with Crippen LogP contribution in [0.4, 0.5) is 0 Å². The molecule has 2 rings (SSSR count). The first-order valence-corrected chi connectivity index (χ1v) is 4.02. The maximum Gasteiger partial charge on any atom is 0.144 e. The number of hydrogen-bond donors (Lipinski definition) is 0. The zero-order valence-corrected chi connectivity index (χ0v) is 6.61. The van der Waals surface area contributed by atoms with Crippen molar-refractivity contribution in [1.82, 2.24) is 0 Å². The maximum absolute atomic E-state index is 12.4. The van der Waals surface area contributed by atoms with E-state index < -0.39 is 36.2 Å². The van der Waals surface area contributed by atoms with Gasteiger partial charge in [0, 0.05) is 19.1 Å². The minimum atomic E-state index is -2.75. The van der Waals surface area contributed by atoms with Crippen molar-refractivity contribution >= 4 is 5.78 Å². The fraction of sp³-hybridized carbons (Fsp3) is 0.900. The first kappa shape index (κ1) is 3.20. The Hall–Kier alpha value is -0.330. The predicted octanol–water partition coefficient (Wildman–Crippen LogP) is 2.40. The summed E-state index contributed by atoms with van der Waals surface area (Å²) in [5.74, 6) is -1.10. The molecule has 2 aliphatic rings. The molecule has 0 aromatic carbocycles. The summed E-state index contributed by atoms with van der Waals surface area (Å²) in [4.78, 5) is 12.4. The molecule has 0 saturated heterocycles. The summed E-state index contributed by atoms with van der Waals surface area (Å²) in [6.45, 7) is -3.80. The molecule has 2 aliphatic carbocycles. The third-order valence-corrected chi connectivity index (χ3v) is 3.26. The Bertz CT molecular complexity index is 354. The van der Waals surface area contributed by atoms with E-state index in [9.17, 15) is 4.79 Å². The lowest BCUT2D eigenvalue weighted by atomic mass is 9.72. The molecule has 2 saturated carbocycles. The Balaban J connectivity index is 2.63. The Morgan fingerprint density at radius 3 is 2.73 bits per heavy atom. The van der Waals surface area contributed by atoms with Gasteiger partial charge in [-0.1, -0.05) is 20.6 Å². The van der Waals surface area contributed by atoms with Gasteiger partial charge in [0.05, 0.1) is 0 Å². The van der Waals surface area contributed by atoms with Crippen molar-refractivity contribution < 1.29 is 13.0 Å². The highest BCUT2D eigenvalue weighted by Gasteiger charge is 2.58. The van der Waals surface area contributed by atoms with Gasteiger partial charge >= 0.3 is 0 Å². The minimum Gasteiger partial charge on any atom is -0.298 e. The molecule has 2 atom stereocenters. The highest BCUT2D eigenvalue weighted by atomic mass is 16.1. The van der Waals surface area contributed by atoms with E-state index in [-0.39, 0.29) is 0 Å². The predicted molar refractivity (Wildman–Crippen MR) is 44.2 cm³/mol. The Morgan fingerprint density at radius 1 is 1.64 bits per heavy atom. The highest BCUT2D eigenvalue weighted by molar-refractivity contribution is 5.92. The van der Waals surface area contributed by atoms with Crippen LogP contribution in [0.5, 0.6) is 0 Å². The fourth-order valence-corrected chi connectivity index (χ4v) is 2.48. The molecule has 0 amide bonds. The number of ketones is 1. The zero-order chi connectivity index (χ0) is 13.3. The summed E-state index contributed by atoms with van der Waals surface area (Å²) >= 11 is 0. The van der Waals surface area contributed by atoms with Crippen molar-refractivity contribution in [3.8, 4) is 0 Å². The summed E-state index contributed by atoms with van der Waals surface area (Å²) in [7, 11) is 0. The largest absolute Gasteiger partial charge is 0.298 e. The number of fused-ring (bicyclic) bond motifs is 2. The monoisotopic (exact) mass is 158 g/mol. The number of rotatable bonds is 0. The molecule has 0 N–H and O–H groups in total. The average molecular weight is 158 g/mol. The number of carbonyl (C=O) groups excluding carboxylic acids is 1. The zero-order valence-electron chi connectivity index (χ0n) is 12.6.